The summed E-state index contributed by atoms with van der Waals surface area (Å²) in [7, 11) is 0. The number of hydrogen-bond acceptors (Lipinski definition) is 4. The van der Waals surface area contributed by atoms with Crippen LogP contribution in [-0.2, 0) is 9.53 Å². The average Bonchev–Trinajstić information content (AvgIpc) is 2.18. The van der Waals surface area contributed by atoms with Crippen molar-refractivity contribution in [1.29, 1.82) is 0 Å². The van der Waals surface area contributed by atoms with Crippen molar-refractivity contribution in [2.24, 2.45) is 11.3 Å². The Morgan fingerprint density at radius 1 is 1.30 bits per heavy atom. The van der Waals surface area contributed by atoms with Gasteiger partial charge in [-0.1, -0.05) is 13.8 Å². The van der Waals surface area contributed by atoms with Crippen LogP contribution in [0.1, 0.15) is 47.5 Å². The van der Waals surface area contributed by atoms with Crippen LogP contribution in [0.15, 0.2) is 0 Å². The zero-order valence-corrected chi connectivity index (χ0v) is 12.8. The molecule has 116 valence electrons. The summed E-state index contributed by atoms with van der Waals surface area (Å²) in [5, 5.41) is 21.6. The number of nitrogens with one attached hydrogen (secondary N) is 1. The molecule has 3 N–H and O–H groups in total. The van der Waals surface area contributed by atoms with Gasteiger partial charge in [-0.15, -0.1) is 0 Å². The lowest BCUT2D eigenvalue weighted by Gasteiger charge is -2.48. The molecule has 0 aliphatic heterocycles. The van der Waals surface area contributed by atoms with Crippen LogP contribution in [0.3, 0.4) is 0 Å². The second-order valence-electron chi connectivity index (χ2n) is 6.89. The normalized spacial score (nSPS) is 27.6. The van der Waals surface area contributed by atoms with Gasteiger partial charge in [-0.05, 0) is 39.5 Å². The second-order valence-corrected chi connectivity index (χ2v) is 6.89. The van der Waals surface area contributed by atoms with E-state index in [2.05, 4.69) is 5.32 Å². The molecule has 0 radical (unpaired) electrons. The maximum Gasteiger partial charge on any atom is 0.407 e. The summed E-state index contributed by atoms with van der Waals surface area (Å²) in [5.41, 5.74) is -1.74. The first-order chi connectivity index (χ1) is 8.98. The summed E-state index contributed by atoms with van der Waals surface area (Å²) < 4.78 is 5.18. The second kappa shape index (κ2) is 5.60. The van der Waals surface area contributed by atoms with Gasteiger partial charge in [0.2, 0.25) is 0 Å². The van der Waals surface area contributed by atoms with Crippen LogP contribution in [-0.4, -0.2) is 40.0 Å². The first-order valence-electron chi connectivity index (χ1n) is 6.89. The Kier molecular flexibility index (Phi) is 4.69. The smallest absolute Gasteiger partial charge is 0.407 e. The Hall–Kier alpha value is -1.30. The van der Waals surface area contributed by atoms with Crippen LogP contribution < -0.4 is 5.32 Å². The number of hydrogen-bond donors (Lipinski definition) is 3. The highest BCUT2D eigenvalue weighted by molar-refractivity contribution is 5.79. The molecule has 0 heterocycles. The molecule has 0 saturated heterocycles. The highest BCUT2D eigenvalue weighted by Crippen LogP contribution is 2.46. The number of carbonyl (C=O) groups excluding carboxylic acids is 1. The molecule has 1 fully saturated rings. The number of carboxylic acids is 1. The van der Waals surface area contributed by atoms with Crippen molar-refractivity contribution >= 4 is 12.1 Å². The zero-order chi connectivity index (χ0) is 15.7. The molecule has 1 saturated carbocycles. The van der Waals surface area contributed by atoms with Gasteiger partial charge < -0.3 is 20.3 Å². The predicted molar refractivity (Wildman–Crippen MR) is 73.3 cm³/mol. The molecular weight excluding hydrogens is 262 g/mol. The number of aliphatic carboxylic acids is 1. The third-order valence-corrected chi connectivity index (χ3v) is 3.56. The minimum atomic E-state index is -1.11. The third-order valence-electron chi connectivity index (χ3n) is 3.56. The van der Waals surface area contributed by atoms with E-state index >= 15 is 0 Å². The molecule has 0 bridgehead atoms. The van der Waals surface area contributed by atoms with E-state index in [-0.39, 0.29) is 18.8 Å². The van der Waals surface area contributed by atoms with Gasteiger partial charge in [0.25, 0.3) is 0 Å². The van der Waals surface area contributed by atoms with Crippen LogP contribution in [0.2, 0.25) is 0 Å². The lowest BCUT2D eigenvalue weighted by Crippen LogP contribution is -2.62. The molecular formula is C14H25NO5. The lowest BCUT2D eigenvalue weighted by molar-refractivity contribution is -0.168. The van der Waals surface area contributed by atoms with Gasteiger partial charge in [0, 0.05) is 0 Å². The number of rotatable bonds is 4. The third kappa shape index (κ3) is 3.62. The van der Waals surface area contributed by atoms with E-state index in [1.54, 1.807) is 20.8 Å². The van der Waals surface area contributed by atoms with E-state index in [0.717, 1.165) is 0 Å². The van der Waals surface area contributed by atoms with Crippen molar-refractivity contribution in [2.75, 3.05) is 0 Å². The van der Waals surface area contributed by atoms with Crippen molar-refractivity contribution in [3.05, 3.63) is 0 Å². The Bertz CT molecular complexity index is 380. The van der Waals surface area contributed by atoms with Crippen molar-refractivity contribution in [2.45, 2.75) is 65.2 Å². The lowest BCUT2D eigenvalue weighted by atomic mass is 9.60. The molecule has 1 aliphatic carbocycles. The van der Waals surface area contributed by atoms with E-state index in [9.17, 15) is 19.8 Å². The molecule has 1 atom stereocenters. The topological polar surface area (TPSA) is 95.9 Å². The predicted octanol–water partition coefficient (Wildman–Crippen LogP) is 1.76. The molecule has 0 spiro atoms. The highest BCUT2D eigenvalue weighted by Gasteiger charge is 2.56. The van der Waals surface area contributed by atoms with Gasteiger partial charge in [0.1, 0.15) is 5.60 Å². The largest absolute Gasteiger partial charge is 0.481 e. The van der Waals surface area contributed by atoms with Crippen LogP contribution in [0.4, 0.5) is 4.79 Å². The monoisotopic (exact) mass is 287 g/mol. The van der Waals surface area contributed by atoms with Crippen molar-refractivity contribution in [3.63, 3.8) is 0 Å². The fourth-order valence-corrected chi connectivity index (χ4v) is 2.72. The summed E-state index contributed by atoms with van der Waals surface area (Å²) in [4.78, 5) is 23.4. The molecule has 0 aromatic carbocycles. The molecule has 1 aliphatic rings. The fraction of sp³-hybridized carbons (Fsp3) is 0.857. The maximum absolute atomic E-state index is 11.9. The van der Waals surface area contributed by atoms with Gasteiger partial charge in [-0.3, -0.25) is 4.79 Å². The number of alkyl carbamates (subject to hydrolysis) is 1. The van der Waals surface area contributed by atoms with Crippen LogP contribution in [0, 0.1) is 11.3 Å². The number of aliphatic hydroxyl groups excluding tert-OH is 1. The molecule has 6 nitrogen and oxygen atoms in total. The molecule has 0 aromatic rings. The standard InChI is InChI=1S/C14H25NO5/c1-8(2)10(15-12(19)20-13(3,4)5)14(11(17)18)6-9(16)7-14/h8-10,16H,6-7H2,1-5H3,(H,15,19)(H,17,18). The van der Waals surface area contributed by atoms with E-state index in [1.165, 1.54) is 0 Å². The number of aliphatic hydroxyl groups is 1. The van der Waals surface area contributed by atoms with Gasteiger partial charge >= 0.3 is 12.1 Å². The average molecular weight is 287 g/mol. The number of carbonyl (C=O) groups is 2. The van der Waals surface area contributed by atoms with Crippen LogP contribution in [0.5, 0.6) is 0 Å². The Labute approximate surface area is 119 Å². The van der Waals surface area contributed by atoms with Crippen molar-refractivity contribution < 1.29 is 24.5 Å². The van der Waals surface area contributed by atoms with E-state index < -0.39 is 35.2 Å². The van der Waals surface area contributed by atoms with E-state index in [0.29, 0.717) is 0 Å². The Morgan fingerprint density at radius 2 is 1.80 bits per heavy atom. The molecule has 1 unspecified atom stereocenters. The fourth-order valence-electron chi connectivity index (χ4n) is 2.72. The molecule has 1 rings (SSSR count). The summed E-state index contributed by atoms with van der Waals surface area (Å²) in [6.07, 6.45) is -0.937. The summed E-state index contributed by atoms with van der Waals surface area (Å²) in [6, 6.07) is -0.571. The number of carboxylic acid groups (broad SMARTS) is 1. The highest BCUT2D eigenvalue weighted by atomic mass is 16.6. The van der Waals surface area contributed by atoms with Gasteiger partial charge in [-0.2, -0.15) is 0 Å². The minimum absolute atomic E-state index is 0.0777. The molecule has 6 heteroatoms. The quantitative estimate of drug-likeness (QED) is 0.732. The first kappa shape index (κ1) is 16.8. The van der Waals surface area contributed by atoms with Crippen LogP contribution in [0.25, 0.3) is 0 Å². The summed E-state index contributed by atoms with van der Waals surface area (Å²) in [5.74, 6) is -1.07. The molecule has 1 amide bonds. The van der Waals surface area contributed by atoms with Gasteiger partial charge in [0.05, 0.1) is 17.6 Å². The summed E-state index contributed by atoms with van der Waals surface area (Å²) in [6.45, 7) is 8.93. The van der Waals surface area contributed by atoms with Crippen molar-refractivity contribution in [3.8, 4) is 0 Å². The van der Waals surface area contributed by atoms with Crippen molar-refractivity contribution in [1.82, 2.24) is 5.32 Å². The molecule has 20 heavy (non-hydrogen) atoms. The maximum atomic E-state index is 11.9. The minimum Gasteiger partial charge on any atom is -0.481 e. The SMILES string of the molecule is CC(C)C(NC(=O)OC(C)(C)C)C1(C(=O)O)CC(O)C1. The summed E-state index contributed by atoms with van der Waals surface area (Å²) >= 11 is 0. The Morgan fingerprint density at radius 3 is 2.10 bits per heavy atom. The number of amides is 1. The molecule has 0 aromatic heterocycles. The van der Waals surface area contributed by atoms with E-state index in [4.69, 9.17) is 4.74 Å². The van der Waals surface area contributed by atoms with Gasteiger partial charge in [-0.25, -0.2) is 4.79 Å². The number of ether oxygens (including phenoxy) is 1. The zero-order valence-electron chi connectivity index (χ0n) is 12.8. The Balaban J connectivity index is 2.84. The van der Waals surface area contributed by atoms with E-state index in [1.807, 2.05) is 13.8 Å². The van der Waals surface area contributed by atoms with Crippen LogP contribution >= 0.6 is 0 Å². The first-order valence-corrected chi connectivity index (χ1v) is 6.89. The van der Waals surface area contributed by atoms with Gasteiger partial charge in [0.15, 0.2) is 0 Å².